The van der Waals surface area contributed by atoms with Gasteiger partial charge in [0, 0.05) is 30.9 Å². The number of rotatable bonds is 5. The van der Waals surface area contributed by atoms with Crippen molar-refractivity contribution in [2.75, 3.05) is 0 Å². The Labute approximate surface area is 109 Å². The third-order valence-corrected chi connectivity index (χ3v) is 3.28. The first-order valence-corrected chi connectivity index (χ1v) is 6.51. The number of aryl methyl sites for hydroxylation is 2. The van der Waals surface area contributed by atoms with Crippen LogP contribution in [0.2, 0.25) is 0 Å². The second kappa shape index (κ2) is 5.83. The SMILES string of the molecule is CCn1cc(CN[C@H](C)c2ccccc2C)cn1. The molecule has 0 aliphatic heterocycles. The van der Waals surface area contributed by atoms with E-state index in [0.717, 1.165) is 13.1 Å². The average molecular weight is 243 g/mol. The minimum atomic E-state index is 0.358. The predicted molar refractivity (Wildman–Crippen MR) is 74.3 cm³/mol. The molecule has 3 nitrogen and oxygen atoms in total. The third kappa shape index (κ3) is 2.99. The standard InChI is InChI=1S/C15H21N3/c1-4-18-11-14(10-17-18)9-16-13(3)15-8-6-5-7-12(15)2/h5-8,10-11,13,16H,4,9H2,1-3H3/t13-/m1/s1. The molecule has 0 spiro atoms. The van der Waals surface area contributed by atoms with Crippen LogP contribution < -0.4 is 5.32 Å². The predicted octanol–water partition coefficient (Wildman–Crippen LogP) is 3.06. The molecule has 0 unspecified atom stereocenters. The number of aromatic nitrogens is 2. The minimum absolute atomic E-state index is 0.358. The van der Waals surface area contributed by atoms with Gasteiger partial charge in [0.2, 0.25) is 0 Å². The van der Waals surface area contributed by atoms with Gasteiger partial charge in [0.1, 0.15) is 0 Å². The summed E-state index contributed by atoms with van der Waals surface area (Å²) in [6.07, 6.45) is 4.03. The number of hydrogen-bond acceptors (Lipinski definition) is 2. The van der Waals surface area contributed by atoms with E-state index in [2.05, 4.69) is 61.6 Å². The van der Waals surface area contributed by atoms with E-state index in [1.165, 1.54) is 16.7 Å². The van der Waals surface area contributed by atoms with E-state index in [1.807, 2.05) is 10.9 Å². The van der Waals surface area contributed by atoms with Crippen LogP contribution in [0.5, 0.6) is 0 Å². The Morgan fingerprint density at radius 3 is 2.78 bits per heavy atom. The second-order valence-corrected chi connectivity index (χ2v) is 4.66. The van der Waals surface area contributed by atoms with Crippen LogP contribution in [0, 0.1) is 6.92 Å². The van der Waals surface area contributed by atoms with Crippen molar-refractivity contribution in [3.63, 3.8) is 0 Å². The van der Waals surface area contributed by atoms with Crippen molar-refractivity contribution in [1.29, 1.82) is 0 Å². The van der Waals surface area contributed by atoms with Crippen molar-refractivity contribution in [3.05, 3.63) is 53.3 Å². The lowest BCUT2D eigenvalue weighted by atomic mass is 10.0. The fraction of sp³-hybridized carbons (Fsp3) is 0.400. The molecule has 0 aliphatic rings. The third-order valence-electron chi connectivity index (χ3n) is 3.28. The zero-order chi connectivity index (χ0) is 13.0. The molecule has 3 heteroatoms. The van der Waals surface area contributed by atoms with Crippen LogP contribution in [-0.4, -0.2) is 9.78 Å². The Balaban J connectivity index is 1.96. The van der Waals surface area contributed by atoms with Gasteiger partial charge >= 0.3 is 0 Å². The molecule has 0 saturated carbocycles. The molecule has 0 saturated heterocycles. The van der Waals surface area contributed by atoms with Gasteiger partial charge in [-0.25, -0.2) is 0 Å². The maximum Gasteiger partial charge on any atom is 0.0534 e. The summed E-state index contributed by atoms with van der Waals surface area (Å²) in [5.41, 5.74) is 3.93. The van der Waals surface area contributed by atoms with Crippen LogP contribution in [-0.2, 0) is 13.1 Å². The molecule has 0 radical (unpaired) electrons. The molecule has 1 aromatic heterocycles. The largest absolute Gasteiger partial charge is 0.306 e. The Bertz CT molecular complexity index is 502. The van der Waals surface area contributed by atoms with Gasteiger partial charge in [-0.2, -0.15) is 5.10 Å². The lowest BCUT2D eigenvalue weighted by Gasteiger charge is -2.15. The van der Waals surface area contributed by atoms with E-state index in [9.17, 15) is 0 Å². The van der Waals surface area contributed by atoms with E-state index in [0.29, 0.717) is 6.04 Å². The van der Waals surface area contributed by atoms with Gasteiger partial charge in [-0.05, 0) is 31.9 Å². The van der Waals surface area contributed by atoms with E-state index in [1.54, 1.807) is 0 Å². The molecular weight excluding hydrogens is 222 g/mol. The molecule has 0 amide bonds. The monoisotopic (exact) mass is 243 g/mol. The topological polar surface area (TPSA) is 29.9 Å². The molecule has 1 heterocycles. The van der Waals surface area contributed by atoms with Crippen LogP contribution in [0.4, 0.5) is 0 Å². The summed E-state index contributed by atoms with van der Waals surface area (Å²) in [4.78, 5) is 0. The summed E-state index contributed by atoms with van der Waals surface area (Å²) in [6, 6.07) is 8.87. The molecule has 0 fully saturated rings. The van der Waals surface area contributed by atoms with Gasteiger partial charge in [-0.3, -0.25) is 4.68 Å². The van der Waals surface area contributed by atoms with Crippen molar-refractivity contribution in [3.8, 4) is 0 Å². The van der Waals surface area contributed by atoms with Crippen molar-refractivity contribution < 1.29 is 0 Å². The molecule has 0 bridgehead atoms. The van der Waals surface area contributed by atoms with Crippen molar-refractivity contribution in [2.24, 2.45) is 0 Å². The highest BCUT2D eigenvalue weighted by Crippen LogP contribution is 2.17. The molecule has 2 rings (SSSR count). The highest BCUT2D eigenvalue weighted by atomic mass is 15.3. The molecule has 2 aromatic rings. The van der Waals surface area contributed by atoms with Crippen LogP contribution in [0.1, 0.15) is 36.6 Å². The zero-order valence-electron chi connectivity index (χ0n) is 11.4. The van der Waals surface area contributed by atoms with E-state index < -0.39 is 0 Å². The van der Waals surface area contributed by atoms with E-state index in [4.69, 9.17) is 0 Å². The summed E-state index contributed by atoms with van der Waals surface area (Å²) in [5.74, 6) is 0. The van der Waals surface area contributed by atoms with Crippen molar-refractivity contribution in [1.82, 2.24) is 15.1 Å². The van der Waals surface area contributed by atoms with Gasteiger partial charge < -0.3 is 5.32 Å². The summed E-state index contributed by atoms with van der Waals surface area (Å²) >= 11 is 0. The van der Waals surface area contributed by atoms with Crippen molar-refractivity contribution in [2.45, 2.75) is 39.9 Å². The van der Waals surface area contributed by atoms with E-state index in [-0.39, 0.29) is 0 Å². The first-order chi connectivity index (χ1) is 8.70. The quantitative estimate of drug-likeness (QED) is 0.874. The lowest BCUT2D eigenvalue weighted by Crippen LogP contribution is -2.18. The normalized spacial score (nSPS) is 12.6. The van der Waals surface area contributed by atoms with Gasteiger partial charge in [0.05, 0.1) is 6.20 Å². The molecule has 1 atom stereocenters. The average Bonchev–Trinajstić information content (AvgIpc) is 2.84. The summed E-state index contributed by atoms with van der Waals surface area (Å²) in [7, 11) is 0. The Kier molecular flexibility index (Phi) is 4.15. The molecule has 0 aliphatic carbocycles. The van der Waals surface area contributed by atoms with Crippen LogP contribution >= 0.6 is 0 Å². The van der Waals surface area contributed by atoms with Gasteiger partial charge in [-0.15, -0.1) is 0 Å². The first kappa shape index (κ1) is 12.8. The van der Waals surface area contributed by atoms with Gasteiger partial charge in [0.15, 0.2) is 0 Å². The Morgan fingerprint density at radius 2 is 2.11 bits per heavy atom. The lowest BCUT2D eigenvalue weighted by molar-refractivity contribution is 0.571. The zero-order valence-corrected chi connectivity index (χ0v) is 11.4. The van der Waals surface area contributed by atoms with Gasteiger partial charge in [0.25, 0.3) is 0 Å². The number of nitrogens with zero attached hydrogens (tertiary/aromatic N) is 2. The van der Waals surface area contributed by atoms with E-state index >= 15 is 0 Å². The molecule has 18 heavy (non-hydrogen) atoms. The first-order valence-electron chi connectivity index (χ1n) is 6.51. The second-order valence-electron chi connectivity index (χ2n) is 4.66. The summed E-state index contributed by atoms with van der Waals surface area (Å²) < 4.78 is 1.95. The Hall–Kier alpha value is -1.61. The molecule has 1 aromatic carbocycles. The van der Waals surface area contributed by atoms with Crippen molar-refractivity contribution >= 4 is 0 Å². The van der Waals surface area contributed by atoms with Crippen LogP contribution in [0.25, 0.3) is 0 Å². The Morgan fingerprint density at radius 1 is 1.33 bits per heavy atom. The fourth-order valence-corrected chi connectivity index (χ4v) is 2.12. The molecule has 96 valence electrons. The number of benzene rings is 1. The highest BCUT2D eigenvalue weighted by Gasteiger charge is 2.07. The number of hydrogen-bond donors (Lipinski definition) is 1. The van der Waals surface area contributed by atoms with Crippen LogP contribution in [0.15, 0.2) is 36.7 Å². The number of nitrogens with one attached hydrogen (secondary N) is 1. The highest BCUT2D eigenvalue weighted by molar-refractivity contribution is 5.28. The maximum absolute atomic E-state index is 4.28. The van der Waals surface area contributed by atoms with Crippen LogP contribution in [0.3, 0.4) is 0 Å². The molecular formula is C15H21N3. The summed E-state index contributed by atoms with van der Waals surface area (Å²) in [6.45, 7) is 8.23. The summed E-state index contributed by atoms with van der Waals surface area (Å²) in [5, 5.41) is 7.82. The fourth-order valence-electron chi connectivity index (χ4n) is 2.12. The smallest absolute Gasteiger partial charge is 0.0534 e. The maximum atomic E-state index is 4.28. The van der Waals surface area contributed by atoms with Gasteiger partial charge in [-0.1, -0.05) is 24.3 Å². The minimum Gasteiger partial charge on any atom is -0.306 e. The molecule has 1 N–H and O–H groups in total.